The smallest absolute Gasteiger partial charge is 0.303 e. The highest BCUT2D eigenvalue weighted by molar-refractivity contribution is 6.30. The minimum atomic E-state index is -0.809. The van der Waals surface area contributed by atoms with Crippen molar-refractivity contribution in [2.75, 3.05) is 0 Å². The second kappa shape index (κ2) is 4.23. The molecule has 4 heteroatoms. The minimum Gasteiger partial charge on any atom is -0.481 e. The van der Waals surface area contributed by atoms with Crippen molar-refractivity contribution in [3.8, 4) is 0 Å². The van der Waals surface area contributed by atoms with E-state index in [1.54, 1.807) is 6.07 Å². The van der Waals surface area contributed by atoms with Crippen LogP contribution in [0.15, 0.2) is 12.3 Å². The number of nitrogens with zero attached hydrogens (tertiary/aromatic N) is 1. The summed E-state index contributed by atoms with van der Waals surface area (Å²) in [5, 5.41) is 9.05. The van der Waals surface area contributed by atoms with Crippen LogP contribution in [0.25, 0.3) is 0 Å². The van der Waals surface area contributed by atoms with Gasteiger partial charge in [-0.1, -0.05) is 11.6 Å². The van der Waals surface area contributed by atoms with Crippen molar-refractivity contribution in [2.45, 2.75) is 19.8 Å². The Kier molecular flexibility index (Phi) is 3.25. The van der Waals surface area contributed by atoms with Crippen LogP contribution >= 0.6 is 11.6 Å². The standard InChI is InChI=1S/C9H10ClNO2/c1-6-4-7(10)5-11-8(6)2-3-9(12)13/h4-5H,2-3H2,1H3,(H,12,13). The summed E-state index contributed by atoms with van der Waals surface area (Å²) in [6.07, 6.45) is 2.10. The second-order valence-corrected chi connectivity index (χ2v) is 3.25. The van der Waals surface area contributed by atoms with E-state index in [4.69, 9.17) is 16.7 Å². The normalized spacial score (nSPS) is 10.0. The van der Waals surface area contributed by atoms with Crippen LogP contribution < -0.4 is 0 Å². The zero-order chi connectivity index (χ0) is 9.84. The summed E-state index contributed by atoms with van der Waals surface area (Å²) in [6.45, 7) is 1.87. The van der Waals surface area contributed by atoms with E-state index in [1.807, 2.05) is 6.92 Å². The number of hydrogen-bond donors (Lipinski definition) is 1. The summed E-state index contributed by atoms with van der Waals surface area (Å²) in [5.41, 5.74) is 1.74. The molecule has 0 unspecified atom stereocenters. The average Bonchev–Trinajstić information content (AvgIpc) is 2.02. The highest BCUT2D eigenvalue weighted by atomic mass is 35.5. The zero-order valence-corrected chi connectivity index (χ0v) is 8.01. The minimum absolute atomic E-state index is 0.107. The number of carboxylic acid groups (broad SMARTS) is 1. The van der Waals surface area contributed by atoms with Crippen molar-refractivity contribution in [1.82, 2.24) is 4.98 Å². The van der Waals surface area contributed by atoms with E-state index in [0.29, 0.717) is 11.4 Å². The fraction of sp³-hybridized carbons (Fsp3) is 0.333. The molecule has 0 saturated heterocycles. The predicted octanol–water partition coefficient (Wildman–Crippen LogP) is 2.06. The van der Waals surface area contributed by atoms with E-state index in [-0.39, 0.29) is 6.42 Å². The molecular weight excluding hydrogens is 190 g/mol. The summed E-state index contributed by atoms with van der Waals surface area (Å²) >= 11 is 5.70. The van der Waals surface area contributed by atoms with Crippen molar-refractivity contribution in [3.05, 3.63) is 28.5 Å². The lowest BCUT2D eigenvalue weighted by molar-refractivity contribution is -0.136. The largest absolute Gasteiger partial charge is 0.481 e. The van der Waals surface area contributed by atoms with Crippen LogP contribution in [-0.4, -0.2) is 16.1 Å². The van der Waals surface area contributed by atoms with Crippen LogP contribution in [0.2, 0.25) is 5.02 Å². The van der Waals surface area contributed by atoms with Gasteiger partial charge < -0.3 is 5.11 Å². The molecule has 0 aliphatic rings. The van der Waals surface area contributed by atoms with Crippen LogP contribution in [0.3, 0.4) is 0 Å². The molecule has 0 fully saturated rings. The Hall–Kier alpha value is -1.09. The Labute approximate surface area is 81.4 Å². The molecule has 0 aromatic carbocycles. The third-order valence-electron chi connectivity index (χ3n) is 1.73. The topological polar surface area (TPSA) is 50.2 Å². The highest BCUT2D eigenvalue weighted by Gasteiger charge is 2.03. The van der Waals surface area contributed by atoms with E-state index in [9.17, 15) is 4.79 Å². The lowest BCUT2D eigenvalue weighted by Gasteiger charge is -2.02. The molecule has 0 radical (unpaired) electrons. The highest BCUT2D eigenvalue weighted by Crippen LogP contribution is 2.13. The van der Waals surface area contributed by atoms with Crippen molar-refractivity contribution in [2.24, 2.45) is 0 Å². The maximum absolute atomic E-state index is 10.3. The van der Waals surface area contributed by atoms with Gasteiger partial charge in [-0.3, -0.25) is 9.78 Å². The summed E-state index contributed by atoms with van der Waals surface area (Å²) in [7, 11) is 0. The molecule has 1 aromatic rings. The number of aryl methyl sites for hydroxylation is 2. The fourth-order valence-corrected chi connectivity index (χ4v) is 1.27. The van der Waals surface area contributed by atoms with Gasteiger partial charge in [-0.25, -0.2) is 0 Å². The summed E-state index contributed by atoms with van der Waals surface area (Å²) in [6, 6.07) is 1.78. The zero-order valence-electron chi connectivity index (χ0n) is 7.25. The van der Waals surface area contributed by atoms with E-state index in [2.05, 4.69) is 4.98 Å². The Bertz CT molecular complexity index is 325. The van der Waals surface area contributed by atoms with E-state index < -0.39 is 5.97 Å². The van der Waals surface area contributed by atoms with Gasteiger partial charge in [0, 0.05) is 18.3 Å². The van der Waals surface area contributed by atoms with Gasteiger partial charge in [0.15, 0.2) is 0 Å². The van der Waals surface area contributed by atoms with Gasteiger partial charge in [-0.15, -0.1) is 0 Å². The predicted molar refractivity (Wildman–Crippen MR) is 49.9 cm³/mol. The Morgan fingerprint density at radius 1 is 1.69 bits per heavy atom. The maximum atomic E-state index is 10.3. The van der Waals surface area contributed by atoms with Gasteiger partial charge in [0.05, 0.1) is 11.4 Å². The number of aliphatic carboxylic acids is 1. The number of aromatic nitrogens is 1. The molecule has 1 aromatic heterocycles. The van der Waals surface area contributed by atoms with E-state index >= 15 is 0 Å². The van der Waals surface area contributed by atoms with Crippen LogP contribution in [0.1, 0.15) is 17.7 Å². The Balaban J connectivity index is 2.72. The van der Waals surface area contributed by atoms with Crippen molar-refractivity contribution >= 4 is 17.6 Å². The number of rotatable bonds is 3. The summed E-state index contributed by atoms with van der Waals surface area (Å²) < 4.78 is 0. The first-order valence-electron chi connectivity index (χ1n) is 3.92. The van der Waals surface area contributed by atoms with Gasteiger partial charge in [-0.05, 0) is 18.6 Å². The number of halogens is 1. The number of carbonyl (C=O) groups is 1. The summed E-state index contributed by atoms with van der Waals surface area (Å²) in [5.74, 6) is -0.809. The van der Waals surface area contributed by atoms with Crippen molar-refractivity contribution in [1.29, 1.82) is 0 Å². The third-order valence-corrected chi connectivity index (χ3v) is 1.94. The SMILES string of the molecule is Cc1cc(Cl)cnc1CCC(=O)O. The molecule has 70 valence electrons. The molecule has 0 amide bonds. The van der Waals surface area contributed by atoms with Gasteiger partial charge in [0.25, 0.3) is 0 Å². The van der Waals surface area contributed by atoms with Crippen molar-refractivity contribution in [3.63, 3.8) is 0 Å². The average molecular weight is 200 g/mol. The van der Waals surface area contributed by atoms with Crippen LogP contribution in [-0.2, 0) is 11.2 Å². The van der Waals surface area contributed by atoms with Crippen LogP contribution in [0, 0.1) is 6.92 Å². The molecule has 1 heterocycles. The maximum Gasteiger partial charge on any atom is 0.303 e. The molecule has 0 saturated carbocycles. The monoisotopic (exact) mass is 199 g/mol. The fourth-order valence-electron chi connectivity index (χ4n) is 1.06. The Morgan fingerprint density at radius 2 is 2.38 bits per heavy atom. The molecular formula is C9H10ClNO2. The first kappa shape index (κ1) is 9.99. The number of hydrogen-bond acceptors (Lipinski definition) is 2. The van der Waals surface area contributed by atoms with Gasteiger partial charge in [-0.2, -0.15) is 0 Å². The first-order valence-corrected chi connectivity index (χ1v) is 4.30. The molecule has 0 atom stereocenters. The van der Waals surface area contributed by atoms with Crippen LogP contribution in [0.5, 0.6) is 0 Å². The quantitative estimate of drug-likeness (QED) is 0.811. The van der Waals surface area contributed by atoms with Gasteiger partial charge in [0.2, 0.25) is 0 Å². The third kappa shape index (κ3) is 3.03. The van der Waals surface area contributed by atoms with E-state index in [0.717, 1.165) is 11.3 Å². The summed E-state index contributed by atoms with van der Waals surface area (Å²) in [4.78, 5) is 14.4. The number of pyridine rings is 1. The molecule has 0 aliphatic heterocycles. The van der Waals surface area contributed by atoms with Crippen molar-refractivity contribution < 1.29 is 9.90 Å². The van der Waals surface area contributed by atoms with Crippen LogP contribution in [0.4, 0.5) is 0 Å². The Morgan fingerprint density at radius 3 is 2.92 bits per heavy atom. The molecule has 0 spiro atoms. The molecule has 1 rings (SSSR count). The molecule has 0 aliphatic carbocycles. The second-order valence-electron chi connectivity index (χ2n) is 2.81. The van der Waals surface area contributed by atoms with Gasteiger partial charge >= 0.3 is 5.97 Å². The number of carboxylic acids is 1. The first-order chi connectivity index (χ1) is 6.09. The van der Waals surface area contributed by atoms with Gasteiger partial charge in [0.1, 0.15) is 0 Å². The lowest BCUT2D eigenvalue weighted by atomic mass is 10.1. The molecule has 0 bridgehead atoms. The molecule has 1 N–H and O–H groups in total. The van der Waals surface area contributed by atoms with E-state index in [1.165, 1.54) is 6.20 Å². The lowest BCUT2D eigenvalue weighted by Crippen LogP contribution is -2.00. The molecule has 3 nitrogen and oxygen atoms in total. The molecule has 13 heavy (non-hydrogen) atoms.